The first kappa shape index (κ1) is 15.4. The maximum Gasteiger partial charge on any atom is 0.126 e. The minimum atomic E-state index is -0.152. The molecule has 112 valence electrons. The highest BCUT2D eigenvalue weighted by molar-refractivity contribution is 5.60. The molecule has 0 aliphatic heterocycles. The molecule has 1 unspecified atom stereocenters. The van der Waals surface area contributed by atoms with Gasteiger partial charge in [0.2, 0.25) is 0 Å². The van der Waals surface area contributed by atoms with Gasteiger partial charge in [-0.05, 0) is 61.7 Å². The van der Waals surface area contributed by atoms with Crippen molar-refractivity contribution in [3.05, 3.63) is 58.9 Å². The summed E-state index contributed by atoms with van der Waals surface area (Å²) in [6.45, 7) is 5.91. The third kappa shape index (κ3) is 3.54. The van der Waals surface area contributed by atoms with Crippen molar-refractivity contribution >= 4 is 11.4 Å². The van der Waals surface area contributed by atoms with Gasteiger partial charge in [0.15, 0.2) is 0 Å². The van der Waals surface area contributed by atoms with Gasteiger partial charge in [-0.25, -0.2) is 4.39 Å². The fraction of sp³-hybridized carbons (Fsp3) is 0.333. The Hall–Kier alpha value is -2.03. The van der Waals surface area contributed by atoms with Gasteiger partial charge in [0, 0.05) is 31.5 Å². The molecular formula is C18H23FN2. The fourth-order valence-corrected chi connectivity index (χ4v) is 2.28. The van der Waals surface area contributed by atoms with Crippen LogP contribution < -0.4 is 10.2 Å². The first-order valence-electron chi connectivity index (χ1n) is 7.19. The Morgan fingerprint density at radius 2 is 1.71 bits per heavy atom. The number of anilines is 2. The third-order valence-electron chi connectivity index (χ3n) is 3.79. The van der Waals surface area contributed by atoms with Gasteiger partial charge in [-0.1, -0.05) is 12.1 Å². The fourth-order valence-electron chi connectivity index (χ4n) is 2.28. The number of hydrogen-bond donors (Lipinski definition) is 1. The topological polar surface area (TPSA) is 15.3 Å². The number of rotatable bonds is 4. The molecule has 2 aromatic carbocycles. The molecule has 0 aliphatic carbocycles. The number of benzene rings is 2. The van der Waals surface area contributed by atoms with Crippen molar-refractivity contribution in [1.82, 2.24) is 0 Å². The molecule has 0 saturated carbocycles. The van der Waals surface area contributed by atoms with Crippen molar-refractivity contribution in [2.75, 3.05) is 24.3 Å². The molecule has 0 fully saturated rings. The molecule has 2 rings (SSSR count). The Bertz CT molecular complexity index is 635. The van der Waals surface area contributed by atoms with Gasteiger partial charge in [0.25, 0.3) is 0 Å². The van der Waals surface area contributed by atoms with Gasteiger partial charge in [-0.2, -0.15) is 0 Å². The molecule has 21 heavy (non-hydrogen) atoms. The molecule has 0 saturated heterocycles. The summed E-state index contributed by atoms with van der Waals surface area (Å²) in [6.07, 6.45) is 0. The van der Waals surface area contributed by atoms with E-state index in [1.54, 1.807) is 13.0 Å². The van der Waals surface area contributed by atoms with Crippen molar-refractivity contribution in [2.45, 2.75) is 26.8 Å². The van der Waals surface area contributed by atoms with E-state index in [9.17, 15) is 4.39 Å². The number of nitrogens with one attached hydrogen (secondary N) is 1. The Kier molecular flexibility index (Phi) is 4.51. The smallest absolute Gasteiger partial charge is 0.126 e. The SMILES string of the molecule is Cc1ccc(C(C)Nc2ccc(N(C)C)cc2C)cc1F. The van der Waals surface area contributed by atoms with E-state index in [0.717, 1.165) is 11.3 Å². The second-order valence-corrected chi connectivity index (χ2v) is 5.77. The Morgan fingerprint density at radius 3 is 2.29 bits per heavy atom. The zero-order valence-corrected chi connectivity index (χ0v) is 13.4. The molecule has 0 amide bonds. The number of hydrogen-bond acceptors (Lipinski definition) is 2. The highest BCUT2D eigenvalue weighted by Gasteiger charge is 2.09. The average Bonchev–Trinajstić information content (AvgIpc) is 2.43. The third-order valence-corrected chi connectivity index (χ3v) is 3.79. The summed E-state index contributed by atoms with van der Waals surface area (Å²) in [4.78, 5) is 2.08. The Labute approximate surface area is 126 Å². The lowest BCUT2D eigenvalue weighted by atomic mass is 10.0. The zero-order valence-electron chi connectivity index (χ0n) is 13.4. The van der Waals surface area contributed by atoms with Crippen LogP contribution in [0, 0.1) is 19.7 Å². The highest BCUT2D eigenvalue weighted by Crippen LogP contribution is 2.26. The van der Waals surface area contributed by atoms with Crippen molar-refractivity contribution in [1.29, 1.82) is 0 Å². The van der Waals surface area contributed by atoms with Crippen LogP contribution in [0.15, 0.2) is 36.4 Å². The van der Waals surface area contributed by atoms with Crippen LogP contribution in [0.4, 0.5) is 15.8 Å². The second-order valence-electron chi connectivity index (χ2n) is 5.77. The molecule has 0 spiro atoms. The summed E-state index contributed by atoms with van der Waals surface area (Å²) in [5, 5.41) is 3.45. The van der Waals surface area contributed by atoms with Crippen molar-refractivity contribution in [3.63, 3.8) is 0 Å². The monoisotopic (exact) mass is 286 g/mol. The first-order valence-corrected chi connectivity index (χ1v) is 7.19. The highest BCUT2D eigenvalue weighted by atomic mass is 19.1. The molecule has 0 heterocycles. The number of halogens is 1. The van der Waals surface area contributed by atoms with Gasteiger partial charge >= 0.3 is 0 Å². The van der Waals surface area contributed by atoms with E-state index in [-0.39, 0.29) is 11.9 Å². The maximum atomic E-state index is 13.7. The molecule has 1 N–H and O–H groups in total. The van der Waals surface area contributed by atoms with Crippen molar-refractivity contribution in [3.8, 4) is 0 Å². The summed E-state index contributed by atoms with van der Waals surface area (Å²) in [6, 6.07) is 11.8. The van der Waals surface area contributed by atoms with E-state index in [1.807, 2.05) is 33.2 Å². The predicted molar refractivity (Wildman–Crippen MR) is 88.7 cm³/mol. The standard InChI is InChI=1S/C18H23FN2/c1-12-6-7-15(11-17(12)19)14(3)20-18-9-8-16(21(4)5)10-13(18)2/h6-11,14,20H,1-5H3. The molecule has 3 heteroatoms. The van der Waals surface area contributed by atoms with Gasteiger partial charge in [0.1, 0.15) is 5.82 Å². The lowest BCUT2D eigenvalue weighted by Crippen LogP contribution is -2.11. The van der Waals surface area contributed by atoms with E-state index < -0.39 is 0 Å². The lowest BCUT2D eigenvalue weighted by molar-refractivity contribution is 0.614. The van der Waals surface area contributed by atoms with Crippen LogP contribution in [0.5, 0.6) is 0 Å². The van der Waals surface area contributed by atoms with Gasteiger partial charge < -0.3 is 10.2 Å². The van der Waals surface area contributed by atoms with Crippen LogP contribution in [0.25, 0.3) is 0 Å². The van der Waals surface area contributed by atoms with E-state index in [0.29, 0.717) is 5.56 Å². The summed E-state index contributed by atoms with van der Waals surface area (Å²) in [7, 11) is 4.05. The van der Waals surface area contributed by atoms with Gasteiger partial charge in [-0.15, -0.1) is 0 Å². The largest absolute Gasteiger partial charge is 0.378 e. The predicted octanol–water partition coefficient (Wildman–Crippen LogP) is 4.68. The van der Waals surface area contributed by atoms with Crippen LogP contribution in [0.2, 0.25) is 0 Å². The maximum absolute atomic E-state index is 13.7. The van der Waals surface area contributed by atoms with Crippen molar-refractivity contribution in [2.24, 2.45) is 0 Å². The quantitative estimate of drug-likeness (QED) is 0.877. The van der Waals surface area contributed by atoms with Crippen LogP contribution in [-0.4, -0.2) is 14.1 Å². The summed E-state index contributed by atoms with van der Waals surface area (Å²) >= 11 is 0. The second kappa shape index (κ2) is 6.17. The molecule has 2 aromatic rings. The molecular weight excluding hydrogens is 263 g/mol. The molecule has 0 aliphatic rings. The lowest BCUT2D eigenvalue weighted by Gasteiger charge is -2.20. The van der Waals surface area contributed by atoms with E-state index in [4.69, 9.17) is 0 Å². The van der Waals surface area contributed by atoms with Crippen LogP contribution in [0.1, 0.15) is 29.7 Å². The Balaban J connectivity index is 2.19. The summed E-state index contributed by atoms with van der Waals surface area (Å²) in [5.74, 6) is -0.152. The van der Waals surface area contributed by atoms with Crippen molar-refractivity contribution < 1.29 is 4.39 Å². The minimum Gasteiger partial charge on any atom is -0.378 e. The summed E-state index contributed by atoms with van der Waals surface area (Å²) < 4.78 is 13.7. The molecule has 1 atom stereocenters. The first-order chi connectivity index (χ1) is 9.88. The van der Waals surface area contributed by atoms with E-state index in [2.05, 4.69) is 35.3 Å². The van der Waals surface area contributed by atoms with Crippen LogP contribution in [0.3, 0.4) is 0 Å². The average molecular weight is 286 g/mol. The summed E-state index contributed by atoms with van der Waals surface area (Å²) in [5.41, 5.74) is 5.06. The van der Waals surface area contributed by atoms with Gasteiger partial charge in [0.05, 0.1) is 0 Å². The molecule has 2 nitrogen and oxygen atoms in total. The minimum absolute atomic E-state index is 0.0593. The van der Waals surface area contributed by atoms with Crippen LogP contribution >= 0.6 is 0 Å². The van der Waals surface area contributed by atoms with Crippen LogP contribution in [-0.2, 0) is 0 Å². The van der Waals surface area contributed by atoms with E-state index >= 15 is 0 Å². The number of aryl methyl sites for hydroxylation is 2. The van der Waals surface area contributed by atoms with Gasteiger partial charge in [-0.3, -0.25) is 0 Å². The molecule has 0 bridgehead atoms. The number of nitrogens with zero attached hydrogens (tertiary/aromatic N) is 1. The zero-order chi connectivity index (χ0) is 15.6. The molecule has 0 aromatic heterocycles. The normalized spacial score (nSPS) is 12.1. The van der Waals surface area contributed by atoms with E-state index in [1.165, 1.54) is 11.3 Å². The Morgan fingerprint density at radius 1 is 1.00 bits per heavy atom. The molecule has 0 radical (unpaired) electrons.